The molecule has 0 amide bonds. The number of rotatable bonds is 8. The Morgan fingerprint density at radius 1 is 1.04 bits per heavy atom. The monoisotopic (exact) mass is 348 g/mol. The number of aliphatic hydroxyl groups excluding tert-OH is 3. The molecule has 0 aliphatic rings. The maximum absolute atomic E-state index is 10.5. The van der Waals surface area contributed by atoms with Crippen molar-refractivity contribution in [2.75, 3.05) is 12.9 Å². The summed E-state index contributed by atoms with van der Waals surface area (Å²) >= 11 is 1.51. The highest BCUT2D eigenvalue weighted by Crippen LogP contribution is 2.32. The van der Waals surface area contributed by atoms with Crippen molar-refractivity contribution in [1.82, 2.24) is 0 Å². The zero-order valence-corrected chi connectivity index (χ0v) is 14.7. The van der Waals surface area contributed by atoms with Gasteiger partial charge in [0.25, 0.3) is 0 Å². The van der Waals surface area contributed by atoms with Gasteiger partial charge in [0.1, 0.15) is 5.75 Å². The molecular weight excluding hydrogens is 324 g/mol. The Balaban J connectivity index is 1.96. The molecule has 2 rings (SSSR count). The van der Waals surface area contributed by atoms with Crippen LogP contribution in [0.3, 0.4) is 0 Å². The first-order chi connectivity index (χ1) is 11.6. The van der Waals surface area contributed by atoms with Crippen LogP contribution in [0.25, 0.3) is 0 Å². The maximum Gasteiger partial charge on any atom is 0.132 e. The van der Waals surface area contributed by atoms with Gasteiger partial charge < -0.3 is 20.1 Å². The van der Waals surface area contributed by atoms with Gasteiger partial charge in [-0.25, -0.2) is 0 Å². The molecule has 5 heteroatoms. The van der Waals surface area contributed by atoms with Crippen LogP contribution in [0, 0.1) is 5.92 Å². The molecule has 0 unspecified atom stereocenters. The highest BCUT2D eigenvalue weighted by molar-refractivity contribution is 7.99. The molecule has 3 N–H and O–H groups in total. The van der Waals surface area contributed by atoms with Gasteiger partial charge in [-0.3, -0.25) is 0 Å². The molecule has 24 heavy (non-hydrogen) atoms. The molecule has 0 aliphatic heterocycles. The van der Waals surface area contributed by atoms with Crippen molar-refractivity contribution >= 4 is 11.8 Å². The van der Waals surface area contributed by atoms with Crippen molar-refractivity contribution in [2.24, 2.45) is 5.92 Å². The molecule has 0 saturated carbocycles. The average Bonchev–Trinajstić information content (AvgIpc) is 2.65. The highest BCUT2D eigenvalue weighted by Gasteiger charge is 2.24. The van der Waals surface area contributed by atoms with E-state index in [1.165, 1.54) is 11.8 Å². The fraction of sp³-hybridized carbons (Fsp3) is 0.368. The highest BCUT2D eigenvalue weighted by atomic mass is 32.2. The molecule has 0 radical (unpaired) electrons. The lowest BCUT2D eigenvalue weighted by Crippen LogP contribution is -2.26. The van der Waals surface area contributed by atoms with E-state index in [1.54, 1.807) is 31.4 Å². The van der Waals surface area contributed by atoms with E-state index < -0.39 is 12.2 Å². The molecule has 0 fully saturated rings. The number of thioether (sulfide) groups is 1. The molecule has 4 nitrogen and oxygen atoms in total. The van der Waals surface area contributed by atoms with Crippen LogP contribution in [-0.4, -0.2) is 34.3 Å². The van der Waals surface area contributed by atoms with Gasteiger partial charge in [0, 0.05) is 16.6 Å². The Kier molecular flexibility index (Phi) is 7.12. The molecule has 0 spiro atoms. The first-order valence-corrected chi connectivity index (χ1v) is 8.87. The van der Waals surface area contributed by atoms with Gasteiger partial charge >= 0.3 is 0 Å². The minimum Gasteiger partial charge on any atom is -0.496 e. The summed E-state index contributed by atoms with van der Waals surface area (Å²) in [5.41, 5.74) is 1.53. The number of aliphatic hydroxyl groups is 3. The number of ether oxygens (including phenoxy) is 1. The van der Waals surface area contributed by atoms with Crippen LogP contribution >= 0.6 is 11.8 Å². The molecule has 0 bridgehead atoms. The van der Waals surface area contributed by atoms with E-state index in [1.807, 2.05) is 31.2 Å². The summed E-state index contributed by atoms with van der Waals surface area (Å²) in [6, 6.07) is 14.8. The molecule has 3 atom stereocenters. The average molecular weight is 348 g/mol. The van der Waals surface area contributed by atoms with Crippen LogP contribution in [0.2, 0.25) is 0 Å². The minimum atomic E-state index is -0.758. The Morgan fingerprint density at radius 3 is 2.33 bits per heavy atom. The summed E-state index contributed by atoms with van der Waals surface area (Å²) in [6.07, 6.45) is -1.42. The topological polar surface area (TPSA) is 69.9 Å². The third-order valence-electron chi connectivity index (χ3n) is 4.09. The number of hydrogen-bond donors (Lipinski definition) is 3. The standard InChI is InChI=1S/C19H24O4S/c1-13(19(22)15-9-7-14(11-20)8-10-15)16(21)12-24-18-6-4-3-5-17(18)23-2/h3-10,13,16,19-22H,11-12H2,1-2H3/t13-,16+,19+/m1/s1. The van der Waals surface area contributed by atoms with E-state index >= 15 is 0 Å². The van der Waals surface area contributed by atoms with Crippen LogP contribution in [0.1, 0.15) is 24.2 Å². The third kappa shape index (κ3) is 4.74. The lowest BCUT2D eigenvalue weighted by atomic mass is 9.93. The zero-order chi connectivity index (χ0) is 17.5. The Labute approximate surface area is 147 Å². The van der Waals surface area contributed by atoms with Gasteiger partial charge in [-0.05, 0) is 23.3 Å². The molecule has 0 heterocycles. The van der Waals surface area contributed by atoms with Gasteiger partial charge in [0.15, 0.2) is 0 Å². The van der Waals surface area contributed by atoms with Crippen molar-refractivity contribution in [3.63, 3.8) is 0 Å². The van der Waals surface area contributed by atoms with Gasteiger partial charge in [-0.15, -0.1) is 11.8 Å². The number of para-hydroxylation sites is 1. The fourth-order valence-corrected chi connectivity index (χ4v) is 3.52. The van der Waals surface area contributed by atoms with Gasteiger partial charge in [0.2, 0.25) is 0 Å². The summed E-state index contributed by atoms with van der Waals surface area (Å²) in [6.45, 7) is 1.81. The van der Waals surface area contributed by atoms with Crippen LogP contribution < -0.4 is 4.74 Å². The molecular formula is C19H24O4S. The number of benzene rings is 2. The first-order valence-electron chi connectivity index (χ1n) is 7.88. The summed E-state index contributed by atoms with van der Waals surface area (Å²) in [5, 5.41) is 29.9. The van der Waals surface area contributed by atoms with Crippen molar-refractivity contribution in [3.05, 3.63) is 59.7 Å². The summed E-state index contributed by atoms with van der Waals surface area (Å²) in [4.78, 5) is 0.966. The fourth-order valence-electron chi connectivity index (χ4n) is 2.40. The number of hydrogen-bond acceptors (Lipinski definition) is 5. The summed E-state index contributed by atoms with van der Waals surface area (Å²) < 4.78 is 5.30. The van der Waals surface area contributed by atoms with Gasteiger partial charge in [-0.2, -0.15) is 0 Å². The first kappa shape index (κ1) is 18.8. The quantitative estimate of drug-likeness (QED) is 0.640. The maximum atomic E-state index is 10.5. The van der Waals surface area contributed by atoms with Crippen molar-refractivity contribution < 1.29 is 20.1 Å². The normalized spacial score (nSPS) is 14.9. The molecule has 0 aliphatic carbocycles. The molecule has 2 aromatic carbocycles. The van der Waals surface area contributed by atoms with Gasteiger partial charge in [-0.1, -0.05) is 43.3 Å². The smallest absolute Gasteiger partial charge is 0.132 e. The molecule has 0 aromatic heterocycles. The molecule has 0 saturated heterocycles. The second-order valence-corrected chi connectivity index (χ2v) is 6.79. The SMILES string of the molecule is COc1ccccc1SC[C@H](O)[C@@H](C)[C@H](O)c1ccc(CO)cc1. The predicted molar refractivity (Wildman–Crippen MR) is 96.2 cm³/mol. The second kappa shape index (κ2) is 9.08. The Hall–Kier alpha value is -1.53. The van der Waals surface area contributed by atoms with Crippen LogP contribution in [0.4, 0.5) is 0 Å². The zero-order valence-electron chi connectivity index (χ0n) is 13.9. The van der Waals surface area contributed by atoms with Crippen molar-refractivity contribution in [3.8, 4) is 5.75 Å². The largest absolute Gasteiger partial charge is 0.496 e. The van der Waals surface area contributed by atoms with Crippen molar-refractivity contribution in [2.45, 2.75) is 30.6 Å². The predicted octanol–water partition coefficient (Wildman–Crippen LogP) is 3.01. The summed E-state index contributed by atoms with van der Waals surface area (Å²) in [7, 11) is 1.62. The lowest BCUT2D eigenvalue weighted by Gasteiger charge is -2.24. The van der Waals surface area contributed by atoms with E-state index in [9.17, 15) is 10.2 Å². The number of methoxy groups -OCH3 is 1. The van der Waals surface area contributed by atoms with Crippen LogP contribution in [0.15, 0.2) is 53.4 Å². The minimum absolute atomic E-state index is 0.0237. The van der Waals surface area contributed by atoms with E-state index in [4.69, 9.17) is 9.84 Å². The summed E-state index contributed by atoms with van der Waals surface area (Å²) in [5.74, 6) is 0.933. The van der Waals surface area contributed by atoms with E-state index in [0.29, 0.717) is 5.75 Å². The van der Waals surface area contributed by atoms with Gasteiger partial charge in [0.05, 0.1) is 25.9 Å². The lowest BCUT2D eigenvalue weighted by molar-refractivity contribution is 0.0330. The van der Waals surface area contributed by atoms with Crippen molar-refractivity contribution in [1.29, 1.82) is 0 Å². The Morgan fingerprint density at radius 2 is 1.71 bits per heavy atom. The third-order valence-corrected chi connectivity index (χ3v) is 5.24. The second-order valence-electron chi connectivity index (χ2n) is 5.73. The van der Waals surface area contributed by atoms with E-state index in [-0.39, 0.29) is 12.5 Å². The molecule has 2 aromatic rings. The van der Waals surface area contributed by atoms with E-state index in [0.717, 1.165) is 21.8 Å². The Bertz CT molecular complexity index is 630. The van der Waals surface area contributed by atoms with Crippen LogP contribution in [-0.2, 0) is 6.61 Å². The molecule has 130 valence electrons. The van der Waals surface area contributed by atoms with E-state index in [2.05, 4.69) is 0 Å². The van der Waals surface area contributed by atoms with Crippen LogP contribution in [0.5, 0.6) is 5.75 Å².